The molecule has 20 heavy (non-hydrogen) atoms. The van der Waals surface area contributed by atoms with Crippen LogP contribution in [0.25, 0.3) is 0 Å². The zero-order chi connectivity index (χ0) is 14.6. The second kappa shape index (κ2) is 6.62. The van der Waals surface area contributed by atoms with E-state index in [1.54, 1.807) is 0 Å². The SMILES string of the molecule is CC(C)(C)C1CCC(c2noc(CSCC#N)n2)CC1. The van der Waals surface area contributed by atoms with E-state index in [4.69, 9.17) is 9.78 Å². The fourth-order valence-corrected chi connectivity index (χ4v) is 3.38. The molecule has 1 aliphatic rings. The highest BCUT2D eigenvalue weighted by Gasteiger charge is 2.31. The Hall–Kier alpha value is -1.02. The summed E-state index contributed by atoms with van der Waals surface area (Å²) in [5.74, 6) is 3.87. The van der Waals surface area contributed by atoms with Crippen molar-refractivity contribution < 1.29 is 4.52 Å². The normalized spacial score (nSPS) is 23.5. The van der Waals surface area contributed by atoms with Gasteiger partial charge in [0.1, 0.15) is 0 Å². The second-order valence-electron chi connectivity index (χ2n) is 6.61. The molecule has 0 atom stereocenters. The van der Waals surface area contributed by atoms with Gasteiger partial charge in [-0.2, -0.15) is 10.2 Å². The average Bonchev–Trinajstić information content (AvgIpc) is 2.87. The largest absolute Gasteiger partial charge is 0.338 e. The van der Waals surface area contributed by atoms with Crippen molar-refractivity contribution in [1.82, 2.24) is 10.1 Å². The van der Waals surface area contributed by atoms with E-state index < -0.39 is 0 Å². The molecule has 1 saturated carbocycles. The molecular weight excluding hydrogens is 270 g/mol. The molecule has 0 amide bonds. The number of hydrogen-bond donors (Lipinski definition) is 0. The van der Waals surface area contributed by atoms with Crippen molar-refractivity contribution >= 4 is 11.8 Å². The first kappa shape index (κ1) is 15.4. The Balaban J connectivity index is 1.86. The predicted molar refractivity (Wildman–Crippen MR) is 80.2 cm³/mol. The van der Waals surface area contributed by atoms with Crippen molar-refractivity contribution in [3.05, 3.63) is 11.7 Å². The summed E-state index contributed by atoms with van der Waals surface area (Å²) >= 11 is 1.51. The molecule has 1 heterocycles. The lowest BCUT2D eigenvalue weighted by atomic mass is 9.70. The van der Waals surface area contributed by atoms with Crippen LogP contribution in [-0.4, -0.2) is 15.9 Å². The summed E-state index contributed by atoms with van der Waals surface area (Å²) in [6.07, 6.45) is 4.82. The summed E-state index contributed by atoms with van der Waals surface area (Å²) in [7, 11) is 0. The lowest BCUT2D eigenvalue weighted by molar-refractivity contribution is 0.166. The minimum atomic E-state index is 0.404. The van der Waals surface area contributed by atoms with Crippen LogP contribution in [0.15, 0.2) is 4.52 Å². The van der Waals surface area contributed by atoms with Gasteiger partial charge >= 0.3 is 0 Å². The number of rotatable bonds is 4. The fraction of sp³-hybridized carbons (Fsp3) is 0.800. The smallest absolute Gasteiger partial charge is 0.236 e. The molecule has 5 heteroatoms. The molecule has 1 aliphatic carbocycles. The van der Waals surface area contributed by atoms with Crippen molar-refractivity contribution in [1.29, 1.82) is 5.26 Å². The van der Waals surface area contributed by atoms with Crippen molar-refractivity contribution in [3.63, 3.8) is 0 Å². The molecule has 0 N–H and O–H groups in total. The number of hydrogen-bond acceptors (Lipinski definition) is 5. The van der Waals surface area contributed by atoms with E-state index in [9.17, 15) is 0 Å². The van der Waals surface area contributed by atoms with Crippen LogP contribution in [0.1, 0.15) is 64.1 Å². The van der Waals surface area contributed by atoms with Gasteiger partial charge in [-0.3, -0.25) is 0 Å². The van der Waals surface area contributed by atoms with Gasteiger partial charge < -0.3 is 4.52 Å². The maximum atomic E-state index is 8.51. The van der Waals surface area contributed by atoms with Gasteiger partial charge in [-0.25, -0.2) is 0 Å². The number of nitrogens with zero attached hydrogens (tertiary/aromatic N) is 3. The molecule has 0 unspecified atom stereocenters. The summed E-state index contributed by atoms with van der Waals surface area (Å²) in [6.45, 7) is 6.99. The number of thioether (sulfide) groups is 1. The molecule has 0 saturated heterocycles. The molecule has 1 fully saturated rings. The topological polar surface area (TPSA) is 62.7 Å². The number of aromatic nitrogens is 2. The lowest BCUT2D eigenvalue weighted by Crippen LogP contribution is -2.25. The maximum Gasteiger partial charge on any atom is 0.236 e. The molecule has 1 aromatic heterocycles. The molecular formula is C15H23N3OS. The van der Waals surface area contributed by atoms with Crippen LogP contribution in [0.3, 0.4) is 0 Å². The van der Waals surface area contributed by atoms with E-state index in [1.807, 2.05) is 0 Å². The maximum absolute atomic E-state index is 8.51. The van der Waals surface area contributed by atoms with Crippen LogP contribution in [0, 0.1) is 22.7 Å². The first-order valence-corrected chi connectivity index (χ1v) is 8.43. The Morgan fingerprint density at radius 1 is 1.30 bits per heavy atom. The molecule has 0 spiro atoms. The highest BCUT2D eigenvalue weighted by molar-refractivity contribution is 7.98. The Bertz CT molecular complexity index is 464. The van der Waals surface area contributed by atoms with Crippen LogP contribution in [0.4, 0.5) is 0 Å². The van der Waals surface area contributed by atoms with Crippen molar-refractivity contribution in [2.45, 2.75) is 58.1 Å². The molecule has 0 aliphatic heterocycles. The van der Waals surface area contributed by atoms with Crippen molar-refractivity contribution in [3.8, 4) is 6.07 Å². The van der Waals surface area contributed by atoms with Gasteiger partial charge in [0.2, 0.25) is 5.89 Å². The Morgan fingerprint density at radius 2 is 2.00 bits per heavy atom. The zero-order valence-corrected chi connectivity index (χ0v) is 13.4. The van der Waals surface area contributed by atoms with Crippen LogP contribution < -0.4 is 0 Å². The third-order valence-corrected chi connectivity index (χ3v) is 4.98. The van der Waals surface area contributed by atoms with E-state index in [1.165, 1.54) is 24.6 Å². The van der Waals surface area contributed by atoms with E-state index in [2.05, 4.69) is 37.0 Å². The second-order valence-corrected chi connectivity index (χ2v) is 7.60. The standard InChI is InChI=1S/C15H23N3OS/c1-15(2,3)12-6-4-11(5-7-12)14-17-13(19-18-14)10-20-9-8-16/h11-12H,4-7,9-10H2,1-3H3. The van der Waals surface area contributed by atoms with Gasteiger partial charge in [-0.1, -0.05) is 25.9 Å². The quantitative estimate of drug-likeness (QED) is 0.780. The van der Waals surface area contributed by atoms with E-state index >= 15 is 0 Å². The molecule has 2 rings (SSSR count). The molecule has 0 aromatic carbocycles. The Kier molecular flexibility index (Phi) is 5.09. The minimum absolute atomic E-state index is 0.404. The highest BCUT2D eigenvalue weighted by Crippen LogP contribution is 2.42. The van der Waals surface area contributed by atoms with Crippen LogP contribution >= 0.6 is 11.8 Å². The monoisotopic (exact) mass is 293 g/mol. The van der Waals surface area contributed by atoms with Gasteiger partial charge in [0, 0.05) is 5.92 Å². The highest BCUT2D eigenvalue weighted by atomic mass is 32.2. The molecule has 110 valence electrons. The molecule has 0 bridgehead atoms. The first-order chi connectivity index (χ1) is 9.50. The summed E-state index contributed by atoms with van der Waals surface area (Å²) < 4.78 is 5.27. The van der Waals surface area contributed by atoms with Gasteiger partial charge in [0.25, 0.3) is 0 Å². The Labute approximate surface area is 125 Å². The third-order valence-electron chi connectivity index (χ3n) is 4.19. The third kappa shape index (κ3) is 3.99. The van der Waals surface area contributed by atoms with Crippen molar-refractivity contribution in [2.24, 2.45) is 11.3 Å². The van der Waals surface area contributed by atoms with Gasteiger partial charge in [-0.05, 0) is 37.0 Å². The Morgan fingerprint density at radius 3 is 2.60 bits per heavy atom. The molecule has 0 radical (unpaired) electrons. The van der Waals surface area contributed by atoms with Gasteiger partial charge in [-0.15, -0.1) is 11.8 Å². The van der Waals surface area contributed by atoms with Gasteiger partial charge in [0.05, 0.1) is 17.6 Å². The van der Waals surface area contributed by atoms with E-state index in [0.29, 0.717) is 28.7 Å². The summed E-state index contributed by atoms with van der Waals surface area (Å²) in [5.41, 5.74) is 0.404. The van der Waals surface area contributed by atoms with E-state index in [0.717, 1.165) is 24.6 Å². The fourth-order valence-electron chi connectivity index (χ4n) is 2.89. The van der Waals surface area contributed by atoms with Crippen molar-refractivity contribution in [2.75, 3.05) is 5.75 Å². The van der Waals surface area contributed by atoms with Crippen LogP contribution in [0.2, 0.25) is 0 Å². The summed E-state index contributed by atoms with van der Waals surface area (Å²) in [6, 6.07) is 2.10. The molecule has 1 aromatic rings. The average molecular weight is 293 g/mol. The van der Waals surface area contributed by atoms with Crippen LogP contribution in [0.5, 0.6) is 0 Å². The lowest BCUT2D eigenvalue weighted by Gasteiger charge is -2.36. The summed E-state index contributed by atoms with van der Waals surface area (Å²) in [5, 5.41) is 12.6. The van der Waals surface area contributed by atoms with Gasteiger partial charge in [0.15, 0.2) is 5.82 Å². The predicted octanol–water partition coefficient (Wildman–Crippen LogP) is 4.15. The number of nitriles is 1. The summed E-state index contributed by atoms with van der Waals surface area (Å²) in [4.78, 5) is 4.48. The molecule has 4 nitrogen and oxygen atoms in total. The minimum Gasteiger partial charge on any atom is -0.338 e. The zero-order valence-electron chi connectivity index (χ0n) is 12.6. The van der Waals surface area contributed by atoms with E-state index in [-0.39, 0.29) is 0 Å². The van der Waals surface area contributed by atoms with Crippen LogP contribution in [-0.2, 0) is 5.75 Å². The first-order valence-electron chi connectivity index (χ1n) is 7.28.